The van der Waals surface area contributed by atoms with E-state index in [0.29, 0.717) is 16.9 Å². The monoisotopic (exact) mass is 436 g/mol. The topological polar surface area (TPSA) is 142 Å². The zero-order chi connectivity index (χ0) is 22.0. The minimum absolute atomic E-state index is 0.219. The Morgan fingerprint density at radius 3 is 2.53 bits per heavy atom. The third-order valence-electron chi connectivity index (χ3n) is 4.68. The van der Waals surface area contributed by atoms with Gasteiger partial charge in [0, 0.05) is 18.2 Å². The quantitative estimate of drug-likeness (QED) is 0.398. The molecule has 1 aromatic rings. The number of ether oxygens (including phenoxy) is 2. The van der Waals surface area contributed by atoms with Crippen molar-refractivity contribution in [1.82, 2.24) is 10.2 Å². The summed E-state index contributed by atoms with van der Waals surface area (Å²) in [6.45, 7) is 0.974. The van der Waals surface area contributed by atoms with Crippen molar-refractivity contribution in [2.75, 3.05) is 19.5 Å². The molecule has 30 heavy (non-hydrogen) atoms. The third-order valence-corrected chi connectivity index (χ3v) is 6.02. The number of amides is 2. The molecule has 0 aliphatic carbocycles. The van der Waals surface area contributed by atoms with Crippen LogP contribution in [0.25, 0.3) is 0 Å². The number of carbonyl (C=O) groups is 4. The van der Waals surface area contributed by atoms with E-state index >= 15 is 0 Å². The first-order chi connectivity index (χ1) is 14.2. The number of nitrogens with zero attached hydrogens (tertiary/aromatic N) is 1. The highest BCUT2D eigenvalue weighted by atomic mass is 32.2. The van der Waals surface area contributed by atoms with E-state index in [4.69, 9.17) is 9.47 Å². The Bertz CT molecular complexity index is 914. The zero-order valence-electron chi connectivity index (χ0n) is 16.2. The Balaban J connectivity index is 1.70. The van der Waals surface area contributed by atoms with Crippen LogP contribution in [-0.4, -0.2) is 69.8 Å². The zero-order valence-corrected chi connectivity index (χ0v) is 17.0. The molecule has 0 aromatic heterocycles. The van der Waals surface area contributed by atoms with Gasteiger partial charge in [-0.15, -0.1) is 11.8 Å². The van der Waals surface area contributed by atoms with E-state index in [1.54, 1.807) is 12.1 Å². The number of aliphatic carboxylic acids is 1. The molecule has 0 bridgehead atoms. The van der Waals surface area contributed by atoms with Gasteiger partial charge in [-0.2, -0.15) is 0 Å². The summed E-state index contributed by atoms with van der Waals surface area (Å²) in [6, 6.07) is 5.26. The van der Waals surface area contributed by atoms with E-state index in [0.717, 1.165) is 4.90 Å². The third kappa shape index (κ3) is 4.12. The first kappa shape index (κ1) is 21.7. The Labute approximate surface area is 175 Å². The number of carboxylic acids is 1. The average Bonchev–Trinajstić information content (AvgIpc) is 2.74. The first-order valence-corrected chi connectivity index (χ1v) is 9.95. The number of rotatable bonds is 7. The number of β-lactam (4-membered cyclic amide) rings is 1. The second-order valence-electron chi connectivity index (χ2n) is 6.61. The molecule has 2 aliphatic heterocycles. The molecule has 160 valence electrons. The predicted molar refractivity (Wildman–Crippen MR) is 104 cm³/mol. The number of carbonyl (C=O) groups excluding carboxylic acids is 3. The van der Waals surface area contributed by atoms with Gasteiger partial charge in [0.15, 0.2) is 6.10 Å². The van der Waals surface area contributed by atoms with Crippen molar-refractivity contribution in [3.8, 4) is 5.75 Å². The van der Waals surface area contributed by atoms with Crippen LogP contribution in [0.3, 0.4) is 0 Å². The van der Waals surface area contributed by atoms with Crippen molar-refractivity contribution in [3.05, 3.63) is 41.1 Å². The number of thioether (sulfide) groups is 1. The van der Waals surface area contributed by atoms with Gasteiger partial charge in [-0.25, -0.2) is 4.79 Å². The predicted octanol–water partition coefficient (Wildman–Crippen LogP) is 0.0303. The molecule has 2 amide bonds. The van der Waals surface area contributed by atoms with E-state index in [2.05, 4.69) is 5.32 Å². The summed E-state index contributed by atoms with van der Waals surface area (Å²) in [5, 5.41) is 21.6. The number of aliphatic hydroxyl groups is 1. The number of carboxylic acid groups (broad SMARTS) is 1. The molecular formula is C19H20N2O8S. The summed E-state index contributed by atoms with van der Waals surface area (Å²) in [6.07, 6.45) is -1.50. The molecule has 1 fully saturated rings. The van der Waals surface area contributed by atoms with Gasteiger partial charge in [0.05, 0.1) is 7.11 Å². The van der Waals surface area contributed by atoms with Crippen LogP contribution < -0.4 is 10.1 Å². The van der Waals surface area contributed by atoms with Crippen LogP contribution in [0.2, 0.25) is 0 Å². The van der Waals surface area contributed by atoms with Crippen LogP contribution in [0.15, 0.2) is 35.5 Å². The molecule has 3 rings (SSSR count). The SMILES string of the molecule is COc1ccc(C(O)C(=O)NC2C(=O)N3C(C(=O)O)=C(COC(C)=O)CSC23)cc1. The van der Waals surface area contributed by atoms with Gasteiger partial charge >= 0.3 is 11.9 Å². The van der Waals surface area contributed by atoms with Crippen LogP contribution >= 0.6 is 11.8 Å². The van der Waals surface area contributed by atoms with Crippen LogP contribution in [0.4, 0.5) is 0 Å². The number of nitrogens with one attached hydrogen (secondary N) is 1. The van der Waals surface area contributed by atoms with E-state index < -0.39 is 41.3 Å². The number of methoxy groups -OCH3 is 1. The van der Waals surface area contributed by atoms with Gasteiger partial charge in [-0.1, -0.05) is 12.1 Å². The highest BCUT2D eigenvalue weighted by Gasteiger charge is 2.54. The van der Waals surface area contributed by atoms with Crippen molar-refractivity contribution < 1.29 is 38.9 Å². The lowest BCUT2D eigenvalue weighted by Gasteiger charge is -2.49. The van der Waals surface area contributed by atoms with Gasteiger partial charge in [-0.3, -0.25) is 19.3 Å². The van der Waals surface area contributed by atoms with Crippen LogP contribution in [0, 0.1) is 0 Å². The van der Waals surface area contributed by atoms with E-state index in [1.165, 1.54) is 37.9 Å². The van der Waals surface area contributed by atoms with Crippen molar-refractivity contribution >= 4 is 35.5 Å². The second kappa shape index (κ2) is 8.76. The largest absolute Gasteiger partial charge is 0.497 e. The molecule has 1 saturated heterocycles. The van der Waals surface area contributed by atoms with Crippen molar-refractivity contribution in [1.29, 1.82) is 0 Å². The summed E-state index contributed by atoms with van der Waals surface area (Å²) in [4.78, 5) is 48.8. The fourth-order valence-corrected chi connectivity index (χ4v) is 4.48. The molecule has 0 radical (unpaired) electrons. The average molecular weight is 436 g/mol. The standard InChI is InChI=1S/C19H20N2O8S/c1-9(22)29-7-11-8-30-18-13(17(25)21(18)14(11)19(26)27)20-16(24)15(23)10-3-5-12(28-2)6-4-10/h3-6,13,15,18,23H,7-8H2,1-2H3,(H,20,24)(H,26,27). The van der Waals surface area contributed by atoms with Gasteiger partial charge < -0.3 is 25.0 Å². The normalized spacial score (nSPS) is 21.3. The first-order valence-electron chi connectivity index (χ1n) is 8.90. The van der Waals surface area contributed by atoms with Crippen molar-refractivity contribution in [2.24, 2.45) is 0 Å². The molecule has 10 nitrogen and oxygen atoms in total. The summed E-state index contributed by atoms with van der Waals surface area (Å²) in [5.41, 5.74) is 0.379. The smallest absolute Gasteiger partial charge is 0.352 e. The molecule has 3 N–H and O–H groups in total. The molecule has 2 aliphatic rings. The lowest BCUT2D eigenvalue weighted by Crippen LogP contribution is -2.71. The summed E-state index contributed by atoms with van der Waals surface area (Å²) >= 11 is 1.24. The molecule has 0 spiro atoms. The molecular weight excluding hydrogens is 416 g/mol. The van der Waals surface area contributed by atoms with E-state index in [9.17, 15) is 29.4 Å². The Kier molecular flexibility index (Phi) is 6.32. The summed E-state index contributed by atoms with van der Waals surface area (Å²) < 4.78 is 9.90. The van der Waals surface area contributed by atoms with Crippen molar-refractivity contribution in [2.45, 2.75) is 24.4 Å². The number of benzene rings is 1. The minimum Gasteiger partial charge on any atom is -0.497 e. The molecule has 3 atom stereocenters. The van der Waals surface area contributed by atoms with Gasteiger partial charge in [0.25, 0.3) is 11.8 Å². The highest BCUT2D eigenvalue weighted by Crippen LogP contribution is 2.40. The molecule has 0 saturated carbocycles. The van der Waals surface area contributed by atoms with Crippen LogP contribution in [0.5, 0.6) is 5.75 Å². The maximum atomic E-state index is 12.6. The highest BCUT2D eigenvalue weighted by molar-refractivity contribution is 8.00. The molecule has 11 heteroatoms. The lowest BCUT2D eigenvalue weighted by atomic mass is 10.0. The fraction of sp³-hybridized carbons (Fsp3) is 0.368. The maximum Gasteiger partial charge on any atom is 0.352 e. The van der Waals surface area contributed by atoms with Gasteiger partial charge in [0.2, 0.25) is 0 Å². The summed E-state index contributed by atoms with van der Waals surface area (Å²) in [5.74, 6) is -2.49. The lowest BCUT2D eigenvalue weighted by molar-refractivity contribution is -0.152. The van der Waals surface area contributed by atoms with Gasteiger partial charge in [-0.05, 0) is 17.7 Å². The molecule has 2 heterocycles. The summed E-state index contributed by atoms with van der Waals surface area (Å²) in [7, 11) is 1.49. The van der Waals surface area contributed by atoms with E-state index in [1.807, 2.05) is 0 Å². The number of hydrogen-bond acceptors (Lipinski definition) is 8. The van der Waals surface area contributed by atoms with Crippen LogP contribution in [-0.2, 0) is 23.9 Å². The van der Waals surface area contributed by atoms with Crippen molar-refractivity contribution in [3.63, 3.8) is 0 Å². The maximum absolute atomic E-state index is 12.6. The molecule has 3 unspecified atom stereocenters. The van der Waals surface area contributed by atoms with Gasteiger partial charge in [0.1, 0.15) is 29.5 Å². The van der Waals surface area contributed by atoms with Crippen LogP contribution in [0.1, 0.15) is 18.6 Å². The number of aliphatic hydroxyl groups excluding tert-OH is 1. The Morgan fingerprint density at radius 1 is 1.30 bits per heavy atom. The number of hydrogen-bond donors (Lipinski definition) is 3. The van der Waals surface area contributed by atoms with E-state index in [-0.39, 0.29) is 18.1 Å². The fourth-order valence-electron chi connectivity index (χ4n) is 3.15. The minimum atomic E-state index is -1.50. The Hall–Kier alpha value is -3.05. The Morgan fingerprint density at radius 2 is 1.97 bits per heavy atom. The second-order valence-corrected chi connectivity index (χ2v) is 7.71. The number of esters is 1. The number of fused-ring (bicyclic) bond motifs is 1. The molecule has 1 aromatic carbocycles.